The summed E-state index contributed by atoms with van der Waals surface area (Å²) in [5.74, 6) is -0.363. The molecule has 0 saturated heterocycles. The highest BCUT2D eigenvalue weighted by Crippen LogP contribution is 2.28. The first-order chi connectivity index (χ1) is 11.1. The van der Waals surface area contributed by atoms with Gasteiger partial charge in [-0.2, -0.15) is 0 Å². The number of carboxylic acid groups (broad SMARTS) is 1. The van der Waals surface area contributed by atoms with E-state index in [2.05, 4.69) is 31.1 Å². The third-order valence-electron chi connectivity index (χ3n) is 2.96. The van der Waals surface area contributed by atoms with Crippen LogP contribution < -0.4 is 0 Å². The van der Waals surface area contributed by atoms with Gasteiger partial charge >= 0.3 is 5.97 Å². The van der Waals surface area contributed by atoms with E-state index < -0.39 is 5.97 Å². The van der Waals surface area contributed by atoms with Crippen molar-refractivity contribution < 1.29 is 9.90 Å². The number of thioether (sulfide) groups is 1. The first kappa shape index (κ1) is 15.7. The number of carboxylic acids is 1. The molecule has 1 N–H and O–H groups in total. The molecule has 0 bridgehead atoms. The molecule has 6 nitrogen and oxygen atoms in total. The standard InChI is InChI=1S/C15H11BrN4O2S/c16-11-3-5-12(6-4-11)20-14(10-2-1-7-17-8-10)18-19-15(20)23-9-13(21)22/h1-8H,9H2,(H,21,22). The van der Waals surface area contributed by atoms with Crippen molar-refractivity contribution in [2.45, 2.75) is 5.16 Å². The third-order valence-corrected chi connectivity index (χ3v) is 4.41. The summed E-state index contributed by atoms with van der Waals surface area (Å²) < 4.78 is 2.79. The van der Waals surface area contributed by atoms with Crippen molar-refractivity contribution in [3.63, 3.8) is 0 Å². The van der Waals surface area contributed by atoms with Gasteiger partial charge in [-0.1, -0.05) is 27.7 Å². The number of rotatable bonds is 5. The second-order valence-electron chi connectivity index (χ2n) is 4.54. The Kier molecular flexibility index (Phi) is 4.73. The van der Waals surface area contributed by atoms with E-state index in [1.54, 1.807) is 12.4 Å². The molecule has 0 radical (unpaired) electrons. The van der Waals surface area contributed by atoms with Gasteiger partial charge in [0, 0.05) is 28.1 Å². The molecule has 0 atom stereocenters. The quantitative estimate of drug-likeness (QED) is 0.673. The monoisotopic (exact) mass is 390 g/mol. The number of aromatic nitrogens is 4. The maximum Gasteiger partial charge on any atom is 0.313 e. The maximum absolute atomic E-state index is 10.8. The molecule has 1 aromatic carbocycles. The van der Waals surface area contributed by atoms with Gasteiger partial charge in [0.2, 0.25) is 0 Å². The van der Waals surface area contributed by atoms with Crippen molar-refractivity contribution in [3.05, 3.63) is 53.3 Å². The zero-order valence-electron chi connectivity index (χ0n) is 11.8. The SMILES string of the molecule is O=C(O)CSc1nnc(-c2cccnc2)n1-c1ccc(Br)cc1. The van der Waals surface area contributed by atoms with Crippen LogP contribution >= 0.6 is 27.7 Å². The van der Waals surface area contributed by atoms with Crippen LogP contribution in [0.15, 0.2) is 58.4 Å². The van der Waals surface area contributed by atoms with Gasteiger partial charge in [0.15, 0.2) is 11.0 Å². The van der Waals surface area contributed by atoms with Crippen LogP contribution in [0.5, 0.6) is 0 Å². The summed E-state index contributed by atoms with van der Waals surface area (Å²) in [6.45, 7) is 0. The predicted octanol–water partition coefficient (Wildman–Crippen LogP) is 3.27. The first-order valence-electron chi connectivity index (χ1n) is 6.61. The van der Waals surface area contributed by atoms with E-state index in [0.717, 1.165) is 27.5 Å². The highest BCUT2D eigenvalue weighted by molar-refractivity contribution is 9.10. The van der Waals surface area contributed by atoms with Crippen molar-refractivity contribution >= 4 is 33.7 Å². The Labute approximate surface area is 144 Å². The summed E-state index contributed by atoms with van der Waals surface area (Å²) in [5, 5.41) is 17.8. The minimum atomic E-state index is -0.900. The van der Waals surface area contributed by atoms with Crippen LogP contribution in [-0.4, -0.2) is 36.6 Å². The molecule has 0 aliphatic carbocycles. The van der Waals surface area contributed by atoms with E-state index in [4.69, 9.17) is 5.11 Å². The van der Waals surface area contributed by atoms with E-state index in [-0.39, 0.29) is 5.75 Å². The molecule has 0 amide bonds. The molecule has 2 aromatic heterocycles. The van der Waals surface area contributed by atoms with Gasteiger partial charge in [0.25, 0.3) is 0 Å². The van der Waals surface area contributed by atoms with Gasteiger partial charge in [0.1, 0.15) is 0 Å². The largest absolute Gasteiger partial charge is 0.481 e. The van der Waals surface area contributed by atoms with Gasteiger partial charge in [-0.05, 0) is 36.4 Å². The molecule has 3 aromatic rings. The van der Waals surface area contributed by atoms with Gasteiger partial charge in [-0.3, -0.25) is 14.3 Å². The lowest BCUT2D eigenvalue weighted by Gasteiger charge is -2.09. The molecule has 0 saturated carbocycles. The fraction of sp³-hybridized carbons (Fsp3) is 0.0667. The summed E-state index contributed by atoms with van der Waals surface area (Å²) in [6.07, 6.45) is 3.38. The average molecular weight is 391 g/mol. The number of nitrogens with zero attached hydrogens (tertiary/aromatic N) is 4. The summed E-state index contributed by atoms with van der Waals surface area (Å²) in [6, 6.07) is 11.4. The number of halogens is 1. The van der Waals surface area contributed by atoms with Crippen LogP contribution in [0.1, 0.15) is 0 Å². The van der Waals surface area contributed by atoms with E-state index in [1.165, 1.54) is 0 Å². The minimum Gasteiger partial charge on any atom is -0.481 e. The number of aliphatic carboxylic acids is 1. The van der Waals surface area contributed by atoms with Crippen LogP contribution in [0, 0.1) is 0 Å². The van der Waals surface area contributed by atoms with Gasteiger partial charge in [-0.15, -0.1) is 10.2 Å². The molecule has 2 heterocycles. The Balaban J connectivity index is 2.10. The summed E-state index contributed by atoms with van der Waals surface area (Å²) in [5.41, 5.74) is 1.66. The highest BCUT2D eigenvalue weighted by Gasteiger charge is 2.17. The Hall–Kier alpha value is -2.19. The van der Waals surface area contributed by atoms with E-state index >= 15 is 0 Å². The summed E-state index contributed by atoms with van der Waals surface area (Å²) in [4.78, 5) is 15.0. The van der Waals surface area contributed by atoms with Crippen LogP contribution in [0.25, 0.3) is 17.1 Å². The second-order valence-corrected chi connectivity index (χ2v) is 6.40. The Bertz CT molecular complexity index is 821. The lowest BCUT2D eigenvalue weighted by Crippen LogP contribution is -2.03. The Morgan fingerprint density at radius 2 is 2.00 bits per heavy atom. The number of benzene rings is 1. The number of carbonyl (C=O) groups is 1. The predicted molar refractivity (Wildman–Crippen MR) is 90.6 cm³/mol. The lowest BCUT2D eigenvalue weighted by atomic mass is 10.2. The van der Waals surface area contributed by atoms with E-state index in [0.29, 0.717) is 11.0 Å². The molecule has 116 valence electrons. The Morgan fingerprint density at radius 3 is 2.65 bits per heavy atom. The van der Waals surface area contributed by atoms with Gasteiger partial charge < -0.3 is 5.11 Å². The molecule has 8 heteroatoms. The van der Waals surface area contributed by atoms with Gasteiger partial charge in [0.05, 0.1) is 5.75 Å². The molecule has 0 fully saturated rings. The topological polar surface area (TPSA) is 80.9 Å². The van der Waals surface area contributed by atoms with E-state index in [9.17, 15) is 4.79 Å². The number of pyridine rings is 1. The Morgan fingerprint density at radius 1 is 1.22 bits per heavy atom. The molecular weight excluding hydrogens is 380 g/mol. The van der Waals surface area contributed by atoms with Crippen molar-refractivity contribution in [2.75, 3.05) is 5.75 Å². The van der Waals surface area contributed by atoms with Crippen molar-refractivity contribution in [2.24, 2.45) is 0 Å². The summed E-state index contributed by atoms with van der Waals surface area (Å²) >= 11 is 4.53. The number of hydrogen-bond donors (Lipinski definition) is 1. The maximum atomic E-state index is 10.8. The van der Waals surface area contributed by atoms with Crippen LogP contribution in [-0.2, 0) is 4.79 Å². The number of hydrogen-bond acceptors (Lipinski definition) is 5. The third kappa shape index (κ3) is 3.59. The lowest BCUT2D eigenvalue weighted by molar-refractivity contribution is -0.133. The molecule has 23 heavy (non-hydrogen) atoms. The van der Waals surface area contributed by atoms with Crippen molar-refractivity contribution in [3.8, 4) is 17.1 Å². The van der Waals surface area contributed by atoms with E-state index in [1.807, 2.05) is 41.0 Å². The van der Waals surface area contributed by atoms with Crippen LogP contribution in [0.4, 0.5) is 0 Å². The second kappa shape index (κ2) is 6.93. The minimum absolute atomic E-state index is 0.0816. The zero-order valence-corrected chi connectivity index (χ0v) is 14.2. The molecule has 0 aliphatic heterocycles. The fourth-order valence-corrected chi connectivity index (χ4v) is 2.93. The molecule has 3 rings (SSSR count). The van der Waals surface area contributed by atoms with Crippen molar-refractivity contribution in [1.82, 2.24) is 19.7 Å². The zero-order chi connectivity index (χ0) is 16.2. The molecule has 0 spiro atoms. The van der Waals surface area contributed by atoms with Crippen LogP contribution in [0.3, 0.4) is 0 Å². The van der Waals surface area contributed by atoms with Crippen molar-refractivity contribution in [1.29, 1.82) is 0 Å². The highest BCUT2D eigenvalue weighted by atomic mass is 79.9. The first-order valence-corrected chi connectivity index (χ1v) is 8.39. The molecule has 0 unspecified atom stereocenters. The van der Waals surface area contributed by atoms with Gasteiger partial charge in [-0.25, -0.2) is 0 Å². The fourth-order valence-electron chi connectivity index (χ4n) is 1.99. The smallest absolute Gasteiger partial charge is 0.313 e. The summed E-state index contributed by atoms with van der Waals surface area (Å²) in [7, 11) is 0. The average Bonchev–Trinajstić information content (AvgIpc) is 2.98. The molecular formula is C15H11BrN4O2S. The van der Waals surface area contributed by atoms with Crippen LogP contribution in [0.2, 0.25) is 0 Å². The molecule has 0 aliphatic rings. The normalized spacial score (nSPS) is 10.7.